The molecule has 0 unspecified atom stereocenters. The third-order valence-corrected chi connectivity index (χ3v) is 1.49. The van der Waals surface area contributed by atoms with E-state index in [2.05, 4.69) is 4.85 Å². The lowest BCUT2D eigenvalue weighted by atomic mass is 10.2. The number of methoxy groups -OCH3 is 2. The molecule has 0 N–H and O–H groups in total. The van der Waals surface area contributed by atoms with E-state index in [9.17, 15) is 0 Å². The molecule has 0 amide bonds. The highest BCUT2D eigenvalue weighted by Gasteiger charge is 2.03. The molecule has 0 aromatic carbocycles. The lowest BCUT2D eigenvalue weighted by Crippen LogP contribution is -2.12. The van der Waals surface area contributed by atoms with Crippen molar-refractivity contribution < 1.29 is 9.47 Å². The number of ether oxygens (including phenoxy) is 2. The van der Waals surface area contributed by atoms with E-state index < -0.39 is 0 Å². The van der Waals surface area contributed by atoms with Crippen LogP contribution in [0.4, 0.5) is 0 Å². The van der Waals surface area contributed by atoms with Gasteiger partial charge in [-0.25, -0.2) is 6.57 Å². The maximum Gasteiger partial charge on any atom is 0.214 e. The minimum absolute atomic E-state index is 0.0965. The van der Waals surface area contributed by atoms with Gasteiger partial charge in [0, 0.05) is 20.6 Å². The van der Waals surface area contributed by atoms with Crippen LogP contribution in [-0.4, -0.2) is 27.1 Å². The Morgan fingerprint density at radius 3 is 2.36 bits per heavy atom. The first kappa shape index (κ1) is 10.4. The van der Waals surface area contributed by atoms with Crippen molar-refractivity contribution >= 4 is 0 Å². The van der Waals surface area contributed by atoms with E-state index in [0.29, 0.717) is 6.54 Å². The van der Waals surface area contributed by atoms with Gasteiger partial charge in [0.2, 0.25) is 6.54 Å². The number of hydrogen-bond donors (Lipinski definition) is 0. The standard InChI is InChI=1S/C8H15NO2/c1-9-7-5-4-6-8(10-2)11-3/h8H,4-7H2,2-3H3. The van der Waals surface area contributed by atoms with E-state index >= 15 is 0 Å². The summed E-state index contributed by atoms with van der Waals surface area (Å²) in [6, 6.07) is 0. The number of unbranched alkanes of at least 4 members (excludes halogenated alkanes) is 1. The number of rotatable bonds is 6. The average Bonchev–Trinajstić information content (AvgIpc) is 2.05. The predicted molar refractivity (Wildman–Crippen MR) is 43.1 cm³/mol. The van der Waals surface area contributed by atoms with Gasteiger partial charge in [0.25, 0.3) is 0 Å². The molecule has 0 atom stereocenters. The van der Waals surface area contributed by atoms with Crippen LogP contribution in [-0.2, 0) is 9.47 Å². The molecule has 0 heterocycles. The second-order valence-corrected chi connectivity index (χ2v) is 2.28. The van der Waals surface area contributed by atoms with Crippen LogP contribution in [0.15, 0.2) is 0 Å². The normalized spacial score (nSPS) is 10.0. The van der Waals surface area contributed by atoms with E-state index in [1.165, 1.54) is 0 Å². The molecule has 64 valence electrons. The van der Waals surface area contributed by atoms with Gasteiger partial charge in [0.15, 0.2) is 6.29 Å². The second-order valence-electron chi connectivity index (χ2n) is 2.28. The molecule has 0 radical (unpaired) electrons. The molecule has 0 saturated carbocycles. The molecular formula is C8H15NO2. The van der Waals surface area contributed by atoms with Crippen LogP contribution in [0.1, 0.15) is 19.3 Å². The molecule has 3 heteroatoms. The zero-order chi connectivity index (χ0) is 8.53. The molecule has 0 fully saturated rings. The van der Waals surface area contributed by atoms with E-state index in [4.69, 9.17) is 16.0 Å². The first-order valence-corrected chi connectivity index (χ1v) is 3.74. The van der Waals surface area contributed by atoms with E-state index in [1.807, 2.05) is 0 Å². The summed E-state index contributed by atoms with van der Waals surface area (Å²) in [5.41, 5.74) is 0. The molecule has 0 bridgehead atoms. The molecule has 3 nitrogen and oxygen atoms in total. The molecule has 0 saturated heterocycles. The van der Waals surface area contributed by atoms with Crippen molar-refractivity contribution in [3.8, 4) is 0 Å². The Morgan fingerprint density at radius 2 is 1.91 bits per heavy atom. The van der Waals surface area contributed by atoms with Crippen LogP contribution in [0.2, 0.25) is 0 Å². The summed E-state index contributed by atoms with van der Waals surface area (Å²) in [6.07, 6.45) is 2.71. The fourth-order valence-electron chi connectivity index (χ4n) is 0.834. The quantitative estimate of drug-likeness (QED) is 0.332. The highest BCUT2D eigenvalue weighted by molar-refractivity contribution is 4.58. The van der Waals surface area contributed by atoms with Gasteiger partial charge in [-0.05, 0) is 12.8 Å². The third-order valence-electron chi connectivity index (χ3n) is 1.49. The first-order chi connectivity index (χ1) is 5.35. The number of nitrogens with zero attached hydrogens (tertiary/aromatic N) is 1. The molecule has 0 aromatic rings. The predicted octanol–water partition coefficient (Wildman–Crippen LogP) is 1.69. The summed E-state index contributed by atoms with van der Waals surface area (Å²) in [5.74, 6) is 0. The fraction of sp³-hybridized carbons (Fsp3) is 0.875. The summed E-state index contributed by atoms with van der Waals surface area (Å²) < 4.78 is 9.96. The van der Waals surface area contributed by atoms with Crippen molar-refractivity contribution in [3.63, 3.8) is 0 Å². The topological polar surface area (TPSA) is 22.8 Å². The Labute approximate surface area is 68.1 Å². The van der Waals surface area contributed by atoms with Crippen molar-refractivity contribution in [3.05, 3.63) is 11.4 Å². The van der Waals surface area contributed by atoms with Crippen LogP contribution in [0, 0.1) is 6.57 Å². The number of hydrogen-bond acceptors (Lipinski definition) is 2. The van der Waals surface area contributed by atoms with Gasteiger partial charge in [-0.1, -0.05) is 0 Å². The van der Waals surface area contributed by atoms with E-state index in [1.54, 1.807) is 14.2 Å². The smallest absolute Gasteiger partial charge is 0.214 e. The van der Waals surface area contributed by atoms with Gasteiger partial charge < -0.3 is 14.3 Å². The van der Waals surface area contributed by atoms with Gasteiger partial charge in [0.05, 0.1) is 0 Å². The summed E-state index contributed by atoms with van der Waals surface area (Å²) in [5, 5.41) is 0. The molecule has 11 heavy (non-hydrogen) atoms. The Bertz CT molecular complexity index is 116. The van der Waals surface area contributed by atoms with Crippen molar-refractivity contribution in [2.75, 3.05) is 20.8 Å². The van der Waals surface area contributed by atoms with Crippen molar-refractivity contribution in [2.24, 2.45) is 0 Å². The first-order valence-electron chi connectivity index (χ1n) is 3.74. The van der Waals surface area contributed by atoms with Crippen molar-refractivity contribution in [1.82, 2.24) is 0 Å². The fourth-order valence-corrected chi connectivity index (χ4v) is 0.834. The monoisotopic (exact) mass is 157 g/mol. The van der Waals surface area contributed by atoms with E-state index in [-0.39, 0.29) is 6.29 Å². The Morgan fingerprint density at radius 1 is 1.27 bits per heavy atom. The average molecular weight is 157 g/mol. The molecule has 0 rings (SSSR count). The molecule has 0 aliphatic rings. The van der Waals surface area contributed by atoms with Crippen LogP contribution in [0.25, 0.3) is 4.85 Å². The Kier molecular flexibility index (Phi) is 7.11. The minimum atomic E-state index is -0.0965. The maximum atomic E-state index is 6.54. The Hall–Kier alpha value is -0.590. The van der Waals surface area contributed by atoms with Gasteiger partial charge >= 0.3 is 0 Å². The lowest BCUT2D eigenvalue weighted by Gasteiger charge is -2.11. The van der Waals surface area contributed by atoms with Crippen molar-refractivity contribution in [2.45, 2.75) is 25.6 Å². The zero-order valence-corrected chi connectivity index (χ0v) is 7.17. The highest BCUT2D eigenvalue weighted by atomic mass is 16.7. The summed E-state index contributed by atoms with van der Waals surface area (Å²) >= 11 is 0. The highest BCUT2D eigenvalue weighted by Crippen LogP contribution is 2.04. The van der Waals surface area contributed by atoms with Crippen molar-refractivity contribution in [1.29, 1.82) is 0 Å². The van der Waals surface area contributed by atoms with Gasteiger partial charge in [0.1, 0.15) is 0 Å². The summed E-state index contributed by atoms with van der Waals surface area (Å²) in [4.78, 5) is 3.25. The van der Waals surface area contributed by atoms with Gasteiger partial charge in [-0.3, -0.25) is 0 Å². The zero-order valence-electron chi connectivity index (χ0n) is 7.17. The summed E-state index contributed by atoms with van der Waals surface area (Å²) in [6.45, 7) is 7.15. The molecule has 0 spiro atoms. The maximum absolute atomic E-state index is 6.54. The molecule has 0 aliphatic heterocycles. The minimum Gasteiger partial charge on any atom is -0.356 e. The van der Waals surface area contributed by atoms with Crippen LogP contribution in [0.3, 0.4) is 0 Å². The van der Waals surface area contributed by atoms with Crippen LogP contribution >= 0.6 is 0 Å². The van der Waals surface area contributed by atoms with Gasteiger partial charge in [-0.15, -0.1) is 0 Å². The molecular weight excluding hydrogens is 142 g/mol. The van der Waals surface area contributed by atoms with E-state index in [0.717, 1.165) is 19.3 Å². The molecule has 0 aliphatic carbocycles. The molecule has 0 aromatic heterocycles. The van der Waals surface area contributed by atoms with Crippen LogP contribution < -0.4 is 0 Å². The third kappa shape index (κ3) is 5.84. The summed E-state index contributed by atoms with van der Waals surface area (Å²) in [7, 11) is 3.26. The van der Waals surface area contributed by atoms with Gasteiger partial charge in [-0.2, -0.15) is 0 Å². The largest absolute Gasteiger partial charge is 0.356 e. The second kappa shape index (κ2) is 7.52. The SMILES string of the molecule is [C-]#[N+]CCCCC(OC)OC. The van der Waals surface area contributed by atoms with Crippen LogP contribution in [0.5, 0.6) is 0 Å². The lowest BCUT2D eigenvalue weighted by molar-refractivity contribution is -0.107. The Balaban J connectivity index is 3.16.